The van der Waals surface area contributed by atoms with E-state index in [2.05, 4.69) is 19.2 Å². The summed E-state index contributed by atoms with van der Waals surface area (Å²) in [6, 6.07) is 5.76. The predicted molar refractivity (Wildman–Crippen MR) is 88.0 cm³/mol. The van der Waals surface area contributed by atoms with E-state index in [9.17, 15) is 4.39 Å². The number of nitrogens with one attached hydrogen (secondary N) is 1. The second-order valence-electron chi connectivity index (χ2n) is 6.64. The van der Waals surface area contributed by atoms with Gasteiger partial charge in [-0.05, 0) is 67.8 Å². The Labute approximate surface area is 129 Å². The largest absolute Gasteiger partial charge is 0.314 e. The fourth-order valence-corrected chi connectivity index (χ4v) is 3.86. The van der Waals surface area contributed by atoms with Gasteiger partial charge in [0.1, 0.15) is 5.82 Å². The molecule has 3 atom stereocenters. The van der Waals surface area contributed by atoms with Crippen molar-refractivity contribution in [2.75, 3.05) is 6.54 Å². The first-order valence-electron chi connectivity index (χ1n) is 8.62. The van der Waals surface area contributed by atoms with Crippen molar-refractivity contribution < 1.29 is 4.39 Å². The average molecular weight is 291 g/mol. The van der Waals surface area contributed by atoms with E-state index in [0.717, 1.165) is 30.4 Å². The van der Waals surface area contributed by atoms with E-state index in [1.807, 2.05) is 13.0 Å². The van der Waals surface area contributed by atoms with Crippen molar-refractivity contribution in [3.05, 3.63) is 35.1 Å². The normalized spacial score (nSPS) is 24.0. The average Bonchev–Trinajstić information content (AvgIpc) is 2.49. The topological polar surface area (TPSA) is 12.0 Å². The van der Waals surface area contributed by atoms with Crippen LogP contribution in [-0.2, 0) is 6.42 Å². The Bertz CT molecular complexity index is 443. The molecule has 1 aliphatic rings. The van der Waals surface area contributed by atoms with Crippen LogP contribution in [0.25, 0.3) is 0 Å². The molecule has 0 amide bonds. The minimum Gasteiger partial charge on any atom is -0.314 e. The van der Waals surface area contributed by atoms with Crippen molar-refractivity contribution in [2.45, 2.75) is 65.3 Å². The van der Waals surface area contributed by atoms with Gasteiger partial charge in [-0.1, -0.05) is 39.2 Å². The van der Waals surface area contributed by atoms with E-state index in [-0.39, 0.29) is 5.82 Å². The molecule has 1 N–H and O–H groups in total. The monoisotopic (exact) mass is 291 g/mol. The molecule has 0 saturated heterocycles. The van der Waals surface area contributed by atoms with Crippen LogP contribution in [0.5, 0.6) is 0 Å². The van der Waals surface area contributed by atoms with Crippen LogP contribution in [0.3, 0.4) is 0 Å². The van der Waals surface area contributed by atoms with Crippen molar-refractivity contribution in [3.63, 3.8) is 0 Å². The van der Waals surface area contributed by atoms with E-state index in [4.69, 9.17) is 0 Å². The van der Waals surface area contributed by atoms with Gasteiger partial charge in [0, 0.05) is 6.04 Å². The quantitative estimate of drug-likeness (QED) is 0.788. The zero-order valence-corrected chi connectivity index (χ0v) is 13.8. The van der Waals surface area contributed by atoms with Crippen molar-refractivity contribution in [1.29, 1.82) is 0 Å². The number of aryl methyl sites for hydroxylation is 1. The molecule has 0 heterocycles. The second-order valence-corrected chi connectivity index (χ2v) is 6.64. The first kappa shape index (κ1) is 16.5. The van der Waals surface area contributed by atoms with Crippen LogP contribution >= 0.6 is 0 Å². The highest BCUT2D eigenvalue weighted by atomic mass is 19.1. The van der Waals surface area contributed by atoms with Crippen molar-refractivity contribution in [3.8, 4) is 0 Å². The van der Waals surface area contributed by atoms with E-state index < -0.39 is 0 Å². The second kappa shape index (κ2) is 7.93. The van der Waals surface area contributed by atoms with Crippen LogP contribution in [0.4, 0.5) is 4.39 Å². The summed E-state index contributed by atoms with van der Waals surface area (Å²) in [6.45, 7) is 7.54. The Balaban J connectivity index is 2.07. The Morgan fingerprint density at radius 1 is 1.29 bits per heavy atom. The molecule has 2 heteroatoms. The summed E-state index contributed by atoms with van der Waals surface area (Å²) in [6.07, 6.45) is 7.81. The Morgan fingerprint density at radius 2 is 2.10 bits per heavy atom. The number of benzene rings is 1. The first-order valence-corrected chi connectivity index (χ1v) is 8.62. The Morgan fingerprint density at radius 3 is 2.76 bits per heavy atom. The van der Waals surface area contributed by atoms with Crippen LogP contribution in [0.15, 0.2) is 18.2 Å². The van der Waals surface area contributed by atoms with Gasteiger partial charge in [0.05, 0.1) is 0 Å². The van der Waals surface area contributed by atoms with Crippen LogP contribution < -0.4 is 5.32 Å². The summed E-state index contributed by atoms with van der Waals surface area (Å²) in [7, 11) is 0. The summed E-state index contributed by atoms with van der Waals surface area (Å²) >= 11 is 0. The zero-order chi connectivity index (χ0) is 15.2. The molecule has 21 heavy (non-hydrogen) atoms. The maximum absolute atomic E-state index is 13.3. The highest BCUT2D eigenvalue weighted by molar-refractivity contribution is 5.27. The van der Waals surface area contributed by atoms with Gasteiger partial charge in [-0.3, -0.25) is 0 Å². The Kier molecular flexibility index (Phi) is 6.22. The molecule has 1 nitrogen and oxygen atoms in total. The minimum atomic E-state index is -0.125. The third kappa shape index (κ3) is 4.54. The lowest BCUT2D eigenvalue weighted by Gasteiger charge is -2.35. The molecule has 0 aliphatic heterocycles. The molecule has 1 fully saturated rings. The Hall–Kier alpha value is -0.890. The molecule has 0 spiro atoms. The van der Waals surface area contributed by atoms with Crippen molar-refractivity contribution in [1.82, 2.24) is 5.32 Å². The first-order chi connectivity index (χ1) is 10.1. The van der Waals surface area contributed by atoms with Crippen LogP contribution in [0.2, 0.25) is 0 Å². The summed E-state index contributed by atoms with van der Waals surface area (Å²) in [5.41, 5.74) is 2.38. The van der Waals surface area contributed by atoms with Crippen molar-refractivity contribution in [2.24, 2.45) is 11.8 Å². The highest BCUT2D eigenvalue weighted by Gasteiger charge is 2.27. The third-order valence-electron chi connectivity index (χ3n) is 5.18. The molecule has 1 aromatic rings. The van der Waals surface area contributed by atoms with Gasteiger partial charge in [-0.25, -0.2) is 4.39 Å². The molecular weight excluding hydrogens is 261 g/mol. The highest BCUT2D eigenvalue weighted by Crippen LogP contribution is 2.34. The smallest absolute Gasteiger partial charge is 0.123 e. The van der Waals surface area contributed by atoms with Gasteiger partial charge >= 0.3 is 0 Å². The van der Waals surface area contributed by atoms with Crippen LogP contribution in [0.1, 0.15) is 57.1 Å². The van der Waals surface area contributed by atoms with E-state index in [0.29, 0.717) is 6.04 Å². The number of halogens is 1. The van der Waals surface area contributed by atoms with Crippen molar-refractivity contribution >= 4 is 0 Å². The van der Waals surface area contributed by atoms with Gasteiger partial charge < -0.3 is 5.32 Å². The molecule has 118 valence electrons. The van der Waals surface area contributed by atoms with Gasteiger partial charge in [-0.2, -0.15) is 0 Å². The third-order valence-corrected chi connectivity index (χ3v) is 5.18. The standard InChI is InChI=1S/C19H30FN/c1-4-15-7-6-8-17(12-15)19(21-5-2)13-16-9-10-18(20)11-14(16)3/h9-11,15,17,19,21H,4-8,12-13H2,1-3H3. The molecule has 2 rings (SSSR count). The predicted octanol–water partition coefficient (Wildman–Crippen LogP) is 4.87. The molecule has 0 aromatic heterocycles. The maximum Gasteiger partial charge on any atom is 0.123 e. The molecule has 1 aromatic carbocycles. The van der Waals surface area contributed by atoms with Gasteiger partial charge in [0.15, 0.2) is 0 Å². The molecule has 1 aliphatic carbocycles. The number of hydrogen-bond acceptors (Lipinski definition) is 1. The van der Waals surface area contributed by atoms with Gasteiger partial charge in [-0.15, -0.1) is 0 Å². The number of hydrogen-bond donors (Lipinski definition) is 1. The lowest BCUT2D eigenvalue weighted by Crippen LogP contribution is -2.40. The maximum atomic E-state index is 13.3. The van der Waals surface area contributed by atoms with Gasteiger partial charge in [0.2, 0.25) is 0 Å². The SMILES string of the molecule is CCNC(Cc1ccc(F)cc1C)C1CCCC(CC)C1. The fraction of sp³-hybridized carbons (Fsp3) is 0.684. The van der Waals surface area contributed by atoms with Crippen LogP contribution in [0, 0.1) is 24.6 Å². The van der Waals surface area contributed by atoms with Gasteiger partial charge in [0.25, 0.3) is 0 Å². The van der Waals surface area contributed by atoms with E-state index >= 15 is 0 Å². The molecule has 1 saturated carbocycles. The molecule has 0 radical (unpaired) electrons. The number of rotatable bonds is 6. The minimum absolute atomic E-state index is 0.125. The van der Waals surface area contributed by atoms with E-state index in [1.54, 1.807) is 12.1 Å². The molecular formula is C19H30FN. The summed E-state index contributed by atoms with van der Waals surface area (Å²) in [5, 5.41) is 3.69. The molecule has 0 bridgehead atoms. The summed E-state index contributed by atoms with van der Waals surface area (Å²) in [5.74, 6) is 1.55. The fourth-order valence-electron chi connectivity index (χ4n) is 3.86. The summed E-state index contributed by atoms with van der Waals surface area (Å²) in [4.78, 5) is 0. The lowest BCUT2D eigenvalue weighted by atomic mass is 9.75. The van der Waals surface area contributed by atoms with E-state index in [1.165, 1.54) is 37.7 Å². The molecule has 3 unspecified atom stereocenters. The zero-order valence-electron chi connectivity index (χ0n) is 13.8. The number of likely N-dealkylation sites (N-methyl/N-ethyl adjacent to an activating group) is 1. The van der Waals surface area contributed by atoms with Crippen LogP contribution in [-0.4, -0.2) is 12.6 Å². The lowest BCUT2D eigenvalue weighted by molar-refractivity contribution is 0.208. The summed E-state index contributed by atoms with van der Waals surface area (Å²) < 4.78 is 13.3.